The highest BCUT2D eigenvalue weighted by atomic mass is 32.2. The van der Waals surface area contributed by atoms with Gasteiger partial charge in [0.15, 0.2) is 0 Å². The maximum absolute atomic E-state index is 13.2. The molecule has 150 valence electrons. The van der Waals surface area contributed by atoms with E-state index in [1.165, 1.54) is 0 Å². The van der Waals surface area contributed by atoms with Gasteiger partial charge in [-0.2, -0.15) is 4.98 Å². The second-order valence-electron chi connectivity index (χ2n) is 6.91. The summed E-state index contributed by atoms with van der Waals surface area (Å²) in [4.78, 5) is 17.8. The van der Waals surface area contributed by atoms with Gasteiger partial charge in [0, 0.05) is 17.1 Å². The number of rotatable bonds is 6. The van der Waals surface area contributed by atoms with E-state index in [4.69, 9.17) is 4.42 Å². The van der Waals surface area contributed by atoms with Gasteiger partial charge in [-0.3, -0.25) is 4.79 Å². The number of furan rings is 1. The number of nitrogens with one attached hydrogen (secondary N) is 2. The van der Waals surface area contributed by atoms with E-state index in [0.717, 1.165) is 29.1 Å². The molecule has 1 atom stereocenters. The Bertz CT molecular complexity index is 1040. The summed E-state index contributed by atoms with van der Waals surface area (Å²) < 4.78 is 7.41. The lowest BCUT2D eigenvalue weighted by Crippen LogP contribution is -2.31. The summed E-state index contributed by atoms with van der Waals surface area (Å²) in [5.41, 5.74) is 3.14. The van der Waals surface area contributed by atoms with Crippen LogP contribution in [0.15, 0.2) is 63.5 Å². The van der Waals surface area contributed by atoms with Crippen molar-refractivity contribution in [1.82, 2.24) is 14.8 Å². The zero-order valence-corrected chi connectivity index (χ0v) is 17.4. The van der Waals surface area contributed by atoms with E-state index in [-0.39, 0.29) is 5.91 Å². The van der Waals surface area contributed by atoms with E-state index in [1.54, 1.807) is 22.7 Å². The first kappa shape index (κ1) is 19.3. The number of carbonyl (C=O) groups excluding carboxylic acids is 1. The van der Waals surface area contributed by atoms with Gasteiger partial charge in [-0.05, 0) is 44.5 Å². The molecule has 0 fully saturated rings. The Morgan fingerprint density at radius 1 is 1.28 bits per heavy atom. The predicted molar refractivity (Wildman–Crippen MR) is 114 cm³/mol. The van der Waals surface area contributed by atoms with Crippen LogP contribution in [-0.2, 0) is 4.79 Å². The number of nitrogens with zero attached hydrogens (tertiary/aromatic N) is 3. The molecule has 0 saturated heterocycles. The molecule has 1 amide bonds. The number of thioether (sulfide) groups is 1. The van der Waals surface area contributed by atoms with Crippen LogP contribution in [0.2, 0.25) is 0 Å². The van der Waals surface area contributed by atoms with Gasteiger partial charge in [-0.1, -0.05) is 36.4 Å². The topological polar surface area (TPSA) is 85.0 Å². The molecule has 2 N–H and O–H groups in total. The Kier molecular flexibility index (Phi) is 5.44. The highest BCUT2D eigenvalue weighted by molar-refractivity contribution is 7.99. The van der Waals surface area contributed by atoms with E-state index >= 15 is 0 Å². The Labute approximate surface area is 173 Å². The molecule has 8 heteroatoms. The first-order chi connectivity index (χ1) is 14.1. The number of aromatic nitrogens is 3. The monoisotopic (exact) mass is 409 g/mol. The average Bonchev–Trinajstić information content (AvgIpc) is 3.36. The van der Waals surface area contributed by atoms with E-state index in [2.05, 4.69) is 27.6 Å². The quantitative estimate of drug-likeness (QED) is 0.579. The minimum atomic E-state index is -0.491. The minimum absolute atomic E-state index is 0.204. The second kappa shape index (κ2) is 8.16. The van der Waals surface area contributed by atoms with Gasteiger partial charge in [0.25, 0.3) is 5.91 Å². The minimum Gasteiger partial charge on any atom is -0.467 e. The van der Waals surface area contributed by atoms with E-state index < -0.39 is 6.04 Å². The maximum atomic E-state index is 13.2. The third-order valence-corrected chi connectivity index (χ3v) is 5.68. The number of hydrogen-bond acceptors (Lipinski definition) is 6. The van der Waals surface area contributed by atoms with Crippen molar-refractivity contribution in [3.63, 3.8) is 0 Å². The molecule has 2 aromatic heterocycles. The molecule has 0 spiro atoms. The largest absolute Gasteiger partial charge is 0.467 e. The molecule has 7 nitrogen and oxygen atoms in total. The number of fused-ring (bicyclic) bond motifs is 1. The van der Waals surface area contributed by atoms with Crippen molar-refractivity contribution in [2.24, 2.45) is 0 Å². The highest BCUT2D eigenvalue weighted by Gasteiger charge is 2.36. The summed E-state index contributed by atoms with van der Waals surface area (Å²) in [6.07, 6.45) is 2.64. The van der Waals surface area contributed by atoms with Crippen LogP contribution in [0.5, 0.6) is 0 Å². The van der Waals surface area contributed by atoms with E-state index in [0.29, 0.717) is 22.4 Å². The summed E-state index contributed by atoms with van der Waals surface area (Å²) in [5, 5.41) is 11.5. The normalized spacial score (nSPS) is 15.8. The fraction of sp³-hybridized carbons (Fsp3) is 0.286. The van der Waals surface area contributed by atoms with Crippen LogP contribution in [0.25, 0.3) is 0 Å². The zero-order chi connectivity index (χ0) is 20.4. The Balaban J connectivity index is 1.70. The van der Waals surface area contributed by atoms with Gasteiger partial charge in [0.2, 0.25) is 11.1 Å². The van der Waals surface area contributed by atoms with Crippen LogP contribution >= 0.6 is 11.8 Å². The number of aryl methyl sites for hydroxylation is 1. The number of amides is 1. The maximum Gasteiger partial charge on any atom is 0.256 e. The molecule has 1 aliphatic rings. The van der Waals surface area contributed by atoms with Gasteiger partial charge < -0.3 is 15.1 Å². The van der Waals surface area contributed by atoms with Gasteiger partial charge in [-0.25, -0.2) is 4.68 Å². The number of anilines is 2. The van der Waals surface area contributed by atoms with Crippen LogP contribution in [0.1, 0.15) is 37.6 Å². The second-order valence-corrected chi connectivity index (χ2v) is 7.97. The lowest BCUT2D eigenvalue weighted by molar-refractivity contribution is -0.113. The third kappa shape index (κ3) is 3.93. The molecule has 0 saturated carbocycles. The standard InChI is InChI=1S/C21H23N5O2S/c1-4-12-29-21-24-20-22-14(3)17(18(26(20)25-21)16-6-5-11-28-16)19(27)23-15-9-7-13(2)8-10-15/h5-11,18H,4,12H2,1-3H3,(H,23,27)(H,22,24,25). The molecule has 0 radical (unpaired) electrons. The van der Waals surface area contributed by atoms with E-state index in [9.17, 15) is 4.79 Å². The molecule has 0 bridgehead atoms. The Morgan fingerprint density at radius 2 is 2.07 bits per heavy atom. The fourth-order valence-electron chi connectivity index (χ4n) is 3.23. The van der Waals surface area contributed by atoms with Crippen LogP contribution < -0.4 is 10.6 Å². The van der Waals surface area contributed by atoms with Crippen molar-refractivity contribution in [3.8, 4) is 0 Å². The Hall–Kier alpha value is -3.00. The van der Waals surface area contributed by atoms with Crippen molar-refractivity contribution in [2.45, 2.75) is 38.4 Å². The lowest BCUT2D eigenvalue weighted by atomic mass is 10.00. The third-order valence-electron chi connectivity index (χ3n) is 4.64. The predicted octanol–water partition coefficient (Wildman–Crippen LogP) is 4.61. The molecule has 1 aromatic carbocycles. The lowest BCUT2D eigenvalue weighted by Gasteiger charge is -2.27. The smallest absolute Gasteiger partial charge is 0.256 e. The molecule has 0 aliphatic carbocycles. The van der Waals surface area contributed by atoms with E-state index in [1.807, 2.05) is 50.2 Å². The van der Waals surface area contributed by atoms with Gasteiger partial charge in [-0.15, -0.1) is 5.10 Å². The number of allylic oxidation sites excluding steroid dienone is 1. The van der Waals surface area contributed by atoms with Crippen molar-refractivity contribution in [2.75, 3.05) is 16.4 Å². The molecular weight excluding hydrogens is 386 g/mol. The molecule has 29 heavy (non-hydrogen) atoms. The molecule has 3 heterocycles. The van der Waals surface area contributed by atoms with Crippen LogP contribution in [-0.4, -0.2) is 26.4 Å². The summed E-state index contributed by atoms with van der Waals surface area (Å²) in [6, 6.07) is 10.9. The highest BCUT2D eigenvalue weighted by Crippen LogP contribution is 2.36. The van der Waals surface area contributed by atoms with Gasteiger partial charge in [0.05, 0.1) is 11.8 Å². The summed E-state index contributed by atoms with van der Waals surface area (Å²) in [6.45, 7) is 6.00. The van der Waals surface area contributed by atoms with Crippen molar-refractivity contribution >= 4 is 29.3 Å². The Morgan fingerprint density at radius 3 is 2.76 bits per heavy atom. The first-order valence-corrected chi connectivity index (χ1v) is 10.5. The van der Waals surface area contributed by atoms with Crippen molar-refractivity contribution < 1.29 is 9.21 Å². The van der Waals surface area contributed by atoms with Crippen molar-refractivity contribution in [3.05, 3.63) is 65.3 Å². The summed E-state index contributed by atoms with van der Waals surface area (Å²) >= 11 is 1.60. The van der Waals surface area contributed by atoms with Crippen LogP contribution in [0.3, 0.4) is 0 Å². The molecule has 1 unspecified atom stereocenters. The van der Waals surface area contributed by atoms with Crippen LogP contribution in [0.4, 0.5) is 11.6 Å². The summed E-state index contributed by atoms with van der Waals surface area (Å²) in [7, 11) is 0. The summed E-state index contributed by atoms with van der Waals surface area (Å²) in [5.74, 6) is 1.97. The van der Waals surface area contributed by atoms with Crippen molar-refractivity contribution in [1.29, 1.82) is 0 Å². The molecular formula is C21H23N5O2S. The zero-order valence-electron chi connectivity index (χ0n) is 16.6. The average molecular weight is 410 g/mol. The number of benzene rings is 1. The van der Waals surface area contributed by atoms with Gasteiger partial charge in [0.1, 0.15) is 11.8 Å². The SMILES string of the molecule is CCCSc1nc2n(n1)C(c1ccco1)C(C(=O)Nc1ccc(C)cc1)=C(C)N2. The van der Waals surface area contributed by atoms with Gasteiger partial charge >= 0.3 is 0 Å². The first-order valence-electron chi connectivity index (χ1n) is 9.55. The molecule has 1 aliphatic heterocycles. The van der Waals surface area contributed by atoms with Crippen LogP contribution in [0, 0.1) is 6.92 Å². The molecule has 4 rings (SSSR count). The molecule has 3 aromatic rings. The fourth-order valence-corrected chi connectivity index (χ4v) is 3.91. The number of carbonyl (C=O) groups is 1. The number of hydrogen-bond donors (Lipinski definition) is 2.